The summed E-state index contributed by atoms with van der Waals surface area (Å²) in [5.41, 5.74) is 2.66. The van der Waals surface area contributed by atoms with Crippen LogP contribution in [-0.4, -0.2) is 26.4 Å². The number of thiazole rings is 1. The minimum Gasteiger partial charge on any atom is -0.497 e. The number of carbonyl (C=O) groups is 1. The zero-order valence-corrected chi connectivity index (χ0v) is 18.1. The average molecular weight is 432 g/mol. The number of methoxy groups -OCH3 is 1. The predicted octanol–water partition coefficient (Wildman–Crippen LogP) is 4.13. The Kier molecular flexibility index (Phi) is 5.90. The molecular formula is C20H21N3O4S2. The molecule has 0 aliphatic carbocycles. The van der Waals surface area contributed by atoms with Crippen molar-refractivity contribution >= 4 is 38.1 Å². The van der Waals surface area contributed by atoms with Crippen molar-refractivity contribution in [3.63, 3.8) is 0 Å². The van der Waals surface area contributed by atoms with Gasteiger partial charge in [-0.3, -0.25) is 9.52 Å². The monoisotopic (exact) mass is 431 g/mol. The molecule has 0 bridgehead atoms. The van der Waals surface area contributed by atoms with Gasteiger partial charge in [-0.2, -0.15) is 0 Å². The van der Waals surface area contributed by atoms with Gasteiger partial charge < -0.3 is 10.1 Å². The number of hydrogen-bond donors (Lipinski definition) is 2. The van der Waals surface area contributed by atoms with Gasteiger partial charge in [-0.15, -0.1) is 0 Å². The SMILES string of the molecule is COc1ccc(NC(=O)c2sc(NS(=O)(=O)c3ccc(C)cc3C)nc2C)cc1. The Morgan fingerprint density at radius 1 is 1.07 bits per heavy atom. The summed E-state index contributed by atoms with van der Waals surface area (Å²) < 4.78 is 33.0. The highest BCUT2D eigenvalue weighted by atomic mass is 32.2. The molecule has 0 radical (unpaired) electrons. The molecule has 0 saturated carbocycles. The van der Waals surface area contributed by atoms with Gasteiger partial charge >= 0.3 is 0 Å². The van der Waals surface area contributed by atoms with Crippen LogP contribution in [0.3, 0.4) is 0 Å². The number of nitrogens with zero attached hydrogens (tertiary/aromatic N) is 1. The Hall–Kier alpha value is -2.91. The number of ether oxygens (including phenoxy) is 1. The smallest absolute Gasteiger partial charge is 0.267 e. The molecule has 0 aliphatic rings. The lowest BCUT2D eigenvalue weighted by atomic mass is 10.2. The molecule has 7 nitrogen and oxygen atoms in total. The molecule has 1 heterocycles. The van der Waals surface area contributed by atoms with Gasteiger partial charge in [-0.25, -0.2) is 13.4 Å². The van der Waals surface area contributed by atoms with E-state index in [1.165, 1.54) is 0 Å². The quantitative estimate of drug-likeness (QED) is 0.612. The van der Waals surface area contributed by atoms with Crippen LogP contribution in [0.2, 0.25) is 0 Å². The second-order valence-corrected chi connectivity index (χ2v) is 9.14. The van der Waals surface area contributed by atoms with E-state index in [1.54, 1.807) is 63.4 Å². The molecule has 0 unspecified atom stereocenters. The molecule has 0 spiro atoms. The van der Waals surface area contributed by atoms with E-state index in [-0.39, 0.29) is 15.9 Å². The first-order valence-electron chi connectivity index (χ1n) is 8.72. The van der Waals surface area contributed by atoms with Gasteiger partial charge in [0.25, 0.3) is 15.9 Å². The lowest BCUT2D eigenvalue weighted by Gasteiger charge is -2.08. The molecule has 2 N–H and O–H groups in total. The van der Waals surface area contributed by atoms with Crippen molar-refractivity contribution in [1.29, 1.82) is 0 Å². The first kappa shape index (κ1) is 20.8. The number of aromatic nitrogens is 1. The van der Waals surface area contributed by atoms with E-state index in [0.717, 1.165) is 16.9 Å². The number of benzene rings is 2. The normalized spacial score (nSPS) is 11.2. The van der Waals surface area contributed by atoms with Crippen molar-refractivity contribution in [3.05, 3.63) is 64.2 Å². The Labute approximate surface area is 173 Å². The van der Waals surface area contributed by atoms with Crippen LogP contribution in [0.25, 0.3) is 0 Å². The summed E-state index contributed by atoms with van der Waals surface area (Å²) in [6.07, 6.45) is 0. The number of anilines is 2. The van der Waals surface area contributed by atoms with Crippen molar-refractivity contribution in [2.45, 2.75) is 25.7 Å². The molecule has 0 atom stereocenters. The van der Waals surface area contributed by atoms with Crippen LogP contribution >= 0.6 is 11.3 Å². The standard InChI is InChI=1S/C20H21N3O4S2/c1-12-5-10-17(13(2)11-12)29(25,26)23-20-21-14(3)18(28-20)19(24)22-15-6-8-16(27-4)9-7-15/h5-11H,1-4H3,(H,21,23)(H,22,24). The van der Waals surface area contributed by atoms with Gasteiger partial charge in [0.2, 0.25) is 0 Å². The summed E-state index contributed by atoms with van der Waals surface area (Å²) in [6.45, 7) is 5.30. The molecule has 3 rings (SSSR count). The van der Waals surface area contributed by atoms with Crippen LogP contribution < -0.4 is 14.8 Å². The summed E-state index contributed by atoms with van der Waals surface area (Å²) in [5.74, 6) is 0.321. The molecule has 0 saturated heterocycles. The number of hydrogen-bond acceptors (Lipinski definition) is 6. The summed E-state index contributed by atoms with van der Waals surface area (Å²) in [4.78, 5) is 17.3. The number of carbonyl (C=O) groups excluding carboxylic acids is 1. The summed E-state index contributed by atoms with van der Waals surface area (Å²) in [6, 6.07) is 12.0. The number of rotatable bonds is 6. The number of sulfonamides is 1. The van der Waals surface area contributed by atoms with Gasteiger partial charge in [-0.05, 0) is 56.7 Å². The highest BCUT2D eigenvalue weighted by Gasteiger charge is 2.21. The van der Waals surface area contributed by atoms with Gasteiger partial charge in [-0.1, -0.05) is 29.0 Å². The number of aryl methyl sites for hydroxylation is 3. The summed E-state index contributed by atoms with van der Waals surface area (Å²) in [5, 5.41) is 2.91. The van der Waals surface area contributed by atoms with Gasteiger partial charge in [0.1, 0.15) is 10.6 Å². The van der Waals surface area contributed by atoms with Crippen LogP contribution in [-0.2, 0) is 10.0 Å². The fourth-order valence-electron chi connectivity index (χ4n) is 2.78. The maximum Gasteiger partial charge on any atom is 0.267 e. The lowest BCUT2D eigenvalue weighted by Crippen LogP contribution is -2.14. The second-order valence-electron chi connectivity index (χ2n) is 6.49. The molecular weight excluding hydrogens is 410 g/mol. The minimum absolute atomic E-state index is 0.141. The van der Waals surface area contributed by atoms with Crippen LogP contribution in [0.1, 0.15) is 26.5 Å². The Bertz CT molecular complexity index is 1150. The fourth-order valence-corrected chi connectivity index (χ4v) is 5.11. The highest BCUT2D eigenvalue weighted by molar-refractivity contribution is 7.93. The Morgan fingerprint density at radius 3 is 2.38 bits per heavy atom. The predicted molar refractivity (Wildman–Crippen MR) is 115 cm³/mol. The van der Waals surface area contributed by atoms with Crippen LogP contribution in [0.5, 0.6) is 5.75 Å². The first-order chi connectivity index (χ1) is 13.7. The van der Waals surface area contributed by atoms with Crippen LogP contribution in [0, 0.1) is 20.8 Å². The molecule has 0 aliphatic heterocycles. The van der Waals surface area contributed by atoms with E-state index in [2.05, 4.69) is 15.0 Å². The summed E-state index contributed by atoms with van der Waals surface area (Å²) >= 11 is 0.987. The van der Waals surface area contributed by atoms with Crippen LogP contribution in [0.4, 0.5) is 10.8 Å². The average Bonchev–Trinajstić information content (AvgIpc) is 3.01. The highest BCUT2D eigenvalue weighted by Crippen LogP contribution is 2.27. The molecule has 152 valence electrons. The third-order valence-corrected chi connectivity index (χ3v) is 6.89. The minimum atomic E-state index is -3.80. The zero-order chi connectivity index (χ0) is 21.2. The van der Waals surface area contributed by atoms with Gasteiger partial charge in [0.15, 0.2) is 5.13 Å². The molecule has 1 aromatic heterocycles. The van der Waals surface area contributed by atoms with Crippen molar-refractivity contribution in [1.82, 2.24) is 4.98 Å². The molecule has 0 fully saturated rings. The van der Waals surface area contributed by atoms with E-state index in [0.29, 0.717) is 27.6 Å². The molecule has 9 heteroatoms. The molecule has 2 aromatic carbocycles. The van der Waals surface area contributed by atoms with Crippen LogP contribution in [0.15, 0.2) is 47.4 Å². The van der Waals surface area contributed by atoms with Gasteiger partial charge in [0, 0.05) is 5.69 Å². The van der Waals surface area contributed by atoms with Crippen molar-refractivity contribution in [2.24, 2.45) is 0 Å². The van der Waals surface area contributed by atoms with Gasteiger partial charge in [0.05, 0.1) is 17.7 Å². The Morgan fingerprint density at radius 2 is 1.76 bits per heavy atom. The summed E-state index contributed by atoms with van der Waals surface area (Å²) in [7, 11) is -2.24. The first-order valence-corrected chi connectivity index (χ1v) is 11.0. The zero-order valence-electron chi connectivity index (χ0n) is 16.4. The van der Waals surface area contributed by atoms with Crippen molar-refractivity contribution in [3.8, 4) is 5.75 Å². The maximum absolute atomic E-state index is 12.7. The van der Waals surface area contributed by atoms with E-state index in [4.69, 9.17) is 4.74 Å². The largest absolute Gasteiger partial charge is 0.497 e. The van der Waals surface area contributed by atoms with E-state index >= 15 is 0 Å². The fraction of sp³-hybridized carbons (Fsp3) is 0.200. The maximum atomic E-state index is 12.7. The number of nitrogens with one attached hydrogen (secondary N) is 2. The molecule has 29 heavy (non-hydrogen) atoms. The van der Waals surface area contributed by atoms with Crippen molar-refractivity contribution < 1.29 is 17.9 Å². The number of amides is 1. The van der Waals surface area contributed by atoms with Crippen molar-refractivity contribution in [2.75, 3.05) is 17.1 Å². The molecule has 3 aromatic rings. The second kappa shape index (κ2) is 8.22. The Balaban J connectivity index is 1.79. The van der Waals surface area contributed by atoms with E-state index in [1.807, 2.05) is 6.92 Å². The topological polar surface area (TPSA) is 97.4 Å². The van der Waals surface area contributed by atoms with E-state index in [9.17, 15) is 13.2 Å². The lowest BCUT2D eigenvalue weighted by molar-refractivity contribution is 0.103. The molecule has 1 amide bonds. The third-order valence-electron chi connectivity index (χ3n) is 4.19. The van der Waals surface area contributed by atoms with E-state index < -0.39 is 10.0 Å². The third kappa shape index (κ3) is 4.75.